The van der Waals surface area contributed by atoms with Crippen LogP contribution < -0.4 is 25.6 Å². The summed E-state index contributed by atoms with van der Waals surface area (Å²) in [5.41, 5.74) is 3.07. The van der Waals surface area contributed by atoms with Gasteiger partial charge in [0.1, 0.15) is 23.9 Å². The topological polar surface area (TPSA) is 140 Å². The van der Waals surface area contributed by atoms with E-state index in [1.54, 1.807) is 60.5 Å². The third-order valence-corrected chi connectivity index (χ3v) is 11.0. The SMILES string of the molecule is COc1cccc(CNC(=O)CN2C(=O)N(c3ccccc3)C3(CCN(C(=O)[C@@H](Cc4ccc(Cl)cc4)NC(=O)[C@H]4Cc5ccccc5CN4)CC3)C2=O)c1. The fraction of sp³-hybridized carbons (Fsp3) is 0.310. The van der Waals surface area contributed by atoms with E-state index < -0.39 is 42.0 Å². The van der Waals surface area contributed by atoms with E-state index in [4.69, 9.17) is 16.3 Å². The number of hydrogen-bond donors (Lipinski definition) is 3. The predicted molar refractivity (Wildman–Crippen MR) is 207 cm³/mol. The molecule has 55 heavy (non-hydrogen) atoms. The van der Waals surface area contributed by atoms with Gasteiger partial charge < -0.3 is 25.6 Å². The van der Waals surface area contributed by atoms with Crippen LogP contribution in [0.4, 0.5) is 10.5 Å². The molecule has 7 rings (SSSR count). The van der Waals surface area contributed by atoms with Crippen molar-refractivity contribution in [2.24, 2.45) is 0 Å². The lowest BCUT2D eigenvalue weighted by Gasteiger charge is -2.43. The molecule has 0 aliphatic carbocycles. The van der Waals surface area contributed by atoms with Gasteiger partial charge in [-0.3, -0.25) is 29.0 Å². The zero-order valence-corrected chi connectivity index (χ0v) is 31.3. The average molecular weight is 763 g/mol. The van der Waals surface area contributed by atoms with Gasteiger partial charge in [-0.2, -0.15) is 0 Å². The number of ether oxygens (including phenoxy) is 1. The molecule has 6 amide bonds. The van der Waals surface area contributed by atoms with Crippen LogP contribution in [0.1, 0.15) is 35.1 Å². The average Bonchev–Trinajstić information content (AvgIpc) is 3.41. The van der Waals surface area contributed by atoms with Crippen LogP contribution >= 0.6 is 11.6 Å². The summed E-state index contributed by atoms with van der Waals surface area (Å²) in [6, 6.07) is 29.3. The molecule has 1 spiro atoms. The summed E-state index contributed by atoms with van der Waals surface area (Å²) >= 11 is 6.15. The van der Waals surface area contributed by atoms with E-state index in [-0.39, 0.29) is 50.7 Å². The van der Waals surface area contributed by atoms with Gasteiger partial charge in [0.2, 0.25) is 17.7 Å². The van der Waals surface area contributed by atoms with Gasteiger partial charge in [0, 0.05) is 43.3 Å². The summed E-state index contributed by atoms with van der Waals surface area (Å²) in [4.78, 5) is 73.8. The maximum atomic E-state index is 14.4. The second-order valence-corrected chi connectivity index (χ2v) is 14.6. The largest absolute Gasteiger partial charge is 0.497 e. The van der Waals surface area contributed by atoms with Crippen LogP contribution in [0, 0.1) is 0 Å². The van der Waals surface area contributed by atoms with Gasteiger partial charge >= 0.3 is 6.03 Å². The predicted octanol–water partition coefficient (Wildman–Crippen LogP) is 4.24. The number of likely N-dealkylation sites (tertiary alicyclic amines) is 1. The van der Waals surface area contributed by atoms with Crippen molar-refractivity contribution in [3.63, 3.8) is 0 Å². The molecule has 0 saturated carbocycles. The van der Waals surface area contributed by atoms with Gasteiger partial charge in [-0.25, -0.2) is 4.79 Å². The van der Waals surface area contributed by atoms with Crippen LogP contribution in [0.15, 0.2) is 103 Å². The first-order chi connectivity index (χ1) is 26.6. The van der Waals surface area contributed by atoms with Crippen LogP contribution in [0.3, 0.4) is 0 Å². The Morgan fingerprint density at radius 2 is 1.60 bits per heavy atom. The molecule has 2 saturated heterocycles. The van der Waals surface area contributed by atoms with Gasteiger partial charge in [-0.1, -0.05) is 78.3 Å². The van der Waals surface area contributed by atoms with Crippen molar-refractivity contribution in [2.45, 2.75) is 56.4 Å². The highest BCUT2D eigenvalue weighted by molar-refractivity contribution is 6.30. The molecular weight excluding hydrogens is 720 g/mol. The van der Waals surface area contributed by atoms with E-state index in [0.29, 0.717) is 29.4 Å². The number of hydrogen-bond acceptors (Lipinski definition) is 7. The number of carbonyl (C=O) groups excluding carboxylic acids is 5. The summed E-state index contributed by atoms with van der Waals surface area (Å²) in [5.74, 6) is -0.889. The molecule has 2 fully saturated rings. The number of para-hydroxylation sites is 1. The van der Waals surface area contributed by atoms with Crippen molar-refractivity contribution >= 4 is 46.9 Å². The molecule has 2 atom stereocenters. The maximum absolute atomic E-state index is 14.4. The molecule has 3 N–H and O–H groups in total. The number of methoxy groups -OCH3 is 1. The maximum Gasteiger partial charge on any atom is 0.332 e. The van der Waals surface area contributed by atoms with E-state index in [2.05, 4.69) is 16.0 Å². The molecule has 13 heteroatoms. The monoisotopic (exact) mass is 762 g/mol. The number of amides is 6. The highest BCUT2D eigenvalue weighted by atomic mass is 35.5. The number of halogens is 1. The molecule has 4 aromatic carbocycles. The Bertz CT molecular complexity index is 2070. The number of anilines is 1. The Morgan fingerprint density at radius 1 is 0.891 bits per heavy atom. The molecular formula is C42H43ClN6O6. The third kappa shape index (κ3) is 8.06. The second kappa shape index (κ2) is 16.3. The first-order valence-electron chi connectivity index (χ1n) is 18.4. The van der Waals surface area contributed by atoms with Crippen molar-refractivity contribution in [3.05, 3.63) is 130 Å². The third-order valence-electron chi connectivity index (χ3n) is 10.7. The Balaban J connectivity index is 1.07. The summed E-state index contributed by atoms with van der Waals surface area (Å²) in [7, 11) is 1.56. The first kappa shape index (κ1) is 37.6. The van der Waals surface area contributed by atoms with Gasteiger partial charge in [0.05, 0.1) is 13.2 Å². The summed E-state index contributed by atoms with van der Waals surface area (Å²) in [6.45, 7) is 0.584. The van der Waals surface area contributed by atoms with Crippen LogP contribution in [-0.4, -0.2) is 83.8 Å². The molecule has 4 aromatic rings. The van der Waals surface area contributed by atoms with Crippen molar-refractivity contribution in [1.82, 2.24) is 25.8 Å². The van der Waals surface area contributed by atoms with E-state index >= 15 is 0 Å². The first-order valence-corrected chi connectivity index (χ1v) is 18.8. The van der Waals surface area contributed by atoms with Crippen LogP contribution in [0.25, 0.3) is 0 Å². The Hall–Kier alpha value is -5.72. The molecule has 3 aliphatic rings. The van der Waals surface area contributed by atoms with Gasteiger partial charge in [-0.15, -0.1) is 0 Å². The normalized spacial score (nSPS) is 18.1. The molecule has 0 radical (unpaired) electrons. The van der Waals surface area contributed by atoms with Gasteiger partial charge in [-0.05, 0) is 77.9 Å². The molecule has 0 unspecified atom stereocenters. The minimum absolute atomic E-state index is 0.142. The number of nitrogens with zero attached hydrogens (tertiary/aromatic N) is 3. The lowest BCUT2D eigenvalue weighted by molar-refractivity contribution is -0.141. The zero-order valence-electron chi connectivity index (χ0n) is 30.5. The van der Waals surface area contributed by atoms with E-state index in [9.17, 15) is 24.0 Å². The second-order valence-electron chi connectivity index (χ2n) is 14.1. The van der Waals surface area contributed by atoms with E-state index in [1.807, 2.05) is 54.6 Å². The quantitative estimate of drug-likeness (QED) is 0.194. The molecule has 0 bridgehead atoms. The zero-order chi connectivity index (χ0) is 38.5. The van der Waals surface area contributed by atoms with Crippen LogP contribution in [-0.2, 0) is 45.1 Å². The van der Waals surface area contributed by atoms with E-state index in [1.165, 1.54) is 4.90 Å². The van der Waals surface area contributed by atoms with Crippen LogP contribution in [0.2, 0.25) is 5.02 Å². The fourth-order valence-electron chi connectivity index (χ4n) is 7.72. The highest BCUT2D eigenvalue weighted by Gasteiger charge is 2.59. The van der Waals surface area contributed by atoms with Gasteiger partial charge in [0.15, 0.2) is 0 Å². The number of fused-ring (bicyclic) bond motifs is 1. The number of rotatable bonds is 11. The lowest BCUT2D eigenvalue weighted by atomic mass is 9.85. The fourth-order valence-corrected chi connectivity index (χ4v) is 7.84. The Kier molecular flexibility index (Phi) is 11.2. The minimum Gasteiger partial charge on any atom is -0.497 e. The Morgan fingerprint density at radius 3 is 2.33 bits per heavy atom. The molecule has 12 nitrogen and oxygen atoms in total. The van der Waals surface area contributed by atoms with E-state index in [0.717, 1.165) is 27.2 Å². The minimum atomic E-state index is -1.31. The van der Waals surface area contributed by atoms with Crippen molar-refractivity contribution in [1.29, 1.82) is 0 Å². The van der Waals surface area contributed by atoms with Crippen molar-refractivity contribution in [3.8, 4) is 5.75 Å². The Labute approximate surface area is 324 Å². The standard InChI is InChI=1S/C42H43ClN6O6/c1-55-34-13-7-8-29(22-34)25-45-37(50)27-48-40(53)42(49(41(48)54)33-11-3-2-4-12-33)18-20-47(21-19-42)39(52)36(23-28-14-16-32(43)17-15-28)46-38(51)35-24-30-9-5-6-10-31(30)26-44-35/h2-17,22,35-36,44H,18-21,23-27H2,1H3,(H,45,50)(H,46,51)/t35-,36-/m1/s1. The number of nitrogens with one attached hydrogen (secondary N) is 3. The number of benzene rings is 4. The molecule has 0 aromatic heterocycles. The molecule has 3 aliphatic heterocycles. The van der Waals surface area contributed by atoms with Crippen molar-refractivity contribution in [2.75, 3.05) is 31.6 Å². The summed E-state index contributed by atoms with van der Waals surface area (Å²) in [6.07, 6.45) is 1.02. The summed E-state index contributed by atoms with van der Waals surface area (Å²) in [5, 5.41) is 9.70. The summed E-state index contributed by atoms with van der Waals surface area (Å²) < 4.78 is 5.27. The molecule has 3 heterocycles. The number of carbonyl (C=O) groups is 5. The van der Waals surface area contributed by atoms with Crippen molar-refractivity contribution < 1.29 is 28.7 Å². The number of piperidine rings is 1. The van der Waals surface area contributed by atoms with Gasteiger partial charge in [0.25, 0.3) is 5.91 Å². The number of urea groups is 1. The van der Waals surface area contributed by atoms with Crippen LogP contribution in [0.5, 0.6) is 5.75 Å². The molecule has 284 valence electrons. The number of imide groups is 1. The smallest absolute Gasteiger partial charge is 0.332 e. The highest BCUT2D eigenvalue weighted by Crippen LogP contribution is 2.40. The lowest BCUT2D eigenvalue weighted by Crippen LogP contribution is -2.61.